The van der Waals surface area contributed by atoms with E-state index in [1.54, 1.807) is 36.4 Å². The van der Waals surface area contributed by atoms with Gasteiger partial charge in [0.05, 0.1) is 11.6 Å². The fraction of sp³-hybridized carbons (Fsp3) is 0.0714. The molecular weight excluding hydrogens is 253 g/mol. The number of benzene rings is 2. The molecule has 0 fully saturated rings. The summed E-state index contributed by atoms with van der Waals surface area (Å²) in [6.45, 7) is 0.0951. The highest BCUT2D eigenvalue weighted by atomic mass is 35.5. The van der Waals surface area contributed by atoms with E-state index >= 15 is 0 Å². The van der Waals surface area contributed by atoms with E-state index in [1.807, 2.05) is 6.07 Å². The lowest BCUT2D eigenvalue weighted by molar-refractivity contribution is 0.300. The summed E-state index contributed by atoms with van der Waals surface area (Å²) in [5, 5.41) is 9.09. The highest BCUT2D eigenvalue weighted by molar-refractivity contribution is 6.30. The van der Waals surface area contributed by atoms with Gasteiger partial charge in [-0.15, -0.1) is 0 Å². The highest BCUT2D eigenvalue weighted by Crippen LogP contribution is 2.18. The third kappa shape index (κ3) is 2.99. The first-order valence-electron chi connectivity index (χ1n) is 5.26. The number of nitriles is 1. The molecule has 0 aliphatic heterocycles. The minimum Gasteiger partial charge on any atom is -0.489 e. The third-order valence-corrected chi connectivity index (χ3v) is 2.61. The van der Waals surface area contributed by atoms with Crippen LogP contribution in [0.4, 0.5) is 4.39 Å². The van der Waals surface area contributed by atoms with E-state index in [0.29, 0.717) is 21.9 Å². The molecule has 0 aromatic heterocycles. The van der Waals surface area contributed by atoms with E-state index < -0.39 is 5.82 Å². The molecule has 0 aliphatic rings. The van der Waals surface area contributed by atoms with Crippen LogP contribution in [0.5, 0.6) is 5.75 Å². The van der Waals surface area contributed by atoms with Gasteiger partial charge in [0.2, 0.25) is 0 Å². The summed E-state index contributed by atoms with van der Waals surface area (Å²) in [4.78, 5) is 0. The summed E-state index contributed by atoms with van der Waals surface area (Å²) in [6, 6.07) is 13.1. The van der Waals surface area contributed by atoms with Crippen LogP contribution in [-0.2, 0) is 6.61 Å². The lowest BCUT2D eigenvalue weighted by Crippen LogP contribution is -1.98. The minimum atomic E-state index is -0.404. The van der Waals surface area contributed by atoms with E-state index in [-0.39, 0.29) is 6.61 Å². The van der Waals surface area contributed by atoms with Crippen molar-refractivity contribution in [3.63, 3.8) is 0 Å². The molecule has 2 rings (SSSR count). The lowest BCUT2D eigenvalue weighted by Gasteiger charge is -2.07. The second-order valence-electron chi connectivity index (χ2n) is 3.66. The Labute approximate surface area is 109 Å². The predicted molar refractivity (Wildman–Crippen MR) is 66.9 cm³/mol. The summed E-state index contributed by atoms with van der Waals surface area (Å²) in [7, 11) is 0. The molecule has 0 saturated heterocycles. The maximum Gasteiger partial charge on any atom is 0.131 e. The van der Waals surface area contributed by atoms with Crippen LogP contribution < -0.4 is 4.74 Å². The molecule has 90 valence electrons. The van der Waals surface area contributed by atoms with Crippen LogP contribution in [0.2, 0.25) is 5.02 Å². The number of ether oxygens (including phenoxy) is 1. The van der Waals surface area contributed by atoms with Gasteiger partial charge in [0.1, 0.15) is 18.2 Å². The van der Waals surface area contributed by atoms with Crippen molar-refractivity contribution in [2.75, 3.05) is 0 Å². The smallest absolute Gasteiger partial charge is 0.131 e. The summed E-state index contributed by atoms with van der Waals surface area (Å²) >= 11 is 5.66. The van der Waals surface area contributed by atoms with Gasteiger partial charge in [-0.2, -0.15) is 5.26 Å². The molecule has 0 spiro atoms. The maximum absolute atomic E-state index is 13.5. The van der Waals surface area contributed by atoms with E-state index in [9.17, 15) is 4.39 Å². The number of nitrogens with zero attached hydrogens (tertiary/aromatic N) is 1. The van der Waals surface area contributed by atoms with Gasteiger partial charge in [-0.05, 0) is 30.3 Å². The molecular formula is C14H9ClFNO. The van der Waals surface area contributed by atoms with Crippen LogP contribution >= 0.6 is 11.6 Å². The van der Waals surface area contributed by atoms with Gasteiger partial charge in [-0.3, -0.25) is 0 Å². The largest absolute Gasteiger partial charge is 0.489 e. The van der Waals surface area contributed by atoms with Gasteiger partial charge in [0, 0.05) is 10.6 Å². The van der Waals surface area contributed by atoms with Crippen molar-refractivity contribution in [2.24, 2.45) is 0 Å². The highest BCUT2D eigenvalue weighted by Gasteiger charge is 2.04. The number of rotatable bonds is 3. The first-order valence-corrected chi connectivity index (χ1v) is 5.64. The van der Waals surface area contributed by atoms with Crippen LogP contribution in [-0.4, -0.2) is 0 Å². The average Bonchev–Trinajstić information content (AvgIpc) is 2.38. The zero-order valence-corrected chi connectivity index (χ0v) is 10.1. The topological polar surface area (TPSA) is 33.0 Å². The predicted octanol–water partition coefficient (Wildman–Crippen LogP) is 3.93. The van der Waals surface area contributed by atoms with Crippen LogP contribution in [0.3, 0.4) is 0 Å². The first-order chi connectivity index (χ1) is 8.69. The fourth-order valence-corrected chi connectivity index (χ4v) is 1.61. The van der Waals surface area contributed by atoms with Crippen LogP contribution in [0, 0.1) is 17.1 Å². The second kappa shape index (κ2) is 5.52. The van der Waals surface area contributed by atoms with Crippen molar-refractivity contribution in [3.05, 3.63) is 64.4 Å². The molecule has 0 radical (unpaired) electrons. The molecule has 0 amide bonds. The summed E-state index contributed by atoms with van der Waals surface area (Å²) < 4.78 is 18.9. The zero-order chi connectivity index (χ0) is 13.0. The van der Waals surface area contributed by atoms with Gasteiger partial charge < -0.3 is 4.74 Å². The molecule has 18 heavy (non-hydrogen) atoms. The molecule has 2 aromatic carbocycles. The number of hydrogen-bond donors (Lipinski definition) is 0. The second-order valence-corrected chi connectivity index (χ2v) is 4.10. The van der Waals surface area contributed by atoms with E-state index in [2.05, 4.69) is 0 Å². The molecule has 0 atom stereocenters. The normalized spacial score (nSPS) is 9.83. The van der Waals surface area contributed by atoms with Gasteiger partial charge in [-0.1, -0.05) is 23.7 Å². The Hall–Kier alpha value is -2.05. The van der Waals surface area contributed by atoms with Crippen LogP contribution in [0.1, 0.15) is 11.1 Å². The molecule has 0 N–H and O–H groups in total. The van der Waals surface area contributed by atoms with Gasteiger partial charge in [0.25, 0.3) is 0 Å². The quantitative estimate of drug-likeness (QED) is 0.839. The van der Waals surface area contributed by atoms with Gasteiger partial charge in [-0.25, -0.2) is 4.39 Å². The Kier molecular flexibility index (Phi) is 3.81. The lowest BCUT2D eigenvalue weighted by atomic mass is 10.2. The summed E-state index contributed by atoms with van der Waals surface area (Å²) in [5.74, 6) is 0.127. The monoisotopic (exact) mass is 261 g/mol. The van der Waals surface area contributed by atoms with E-state index in [4.69, 9.17) is 21.6 Å². The minimum absolute atomic E-state index is 0.0951. The van der Waals surface area contributed by atoms with Crippen molar-refractivity contribution in [3.8, 4) is 11.8 Å². The summed E-state index contributed by atoms with van der Waals surface area (Å²) in [6.07, 6.45) is 0. The molecule has 0 unspecified atom stereocenters. The molecule has 0 aliphatic carbocycles. The van der Waals surface area contributed by atoms with Crippen molar-refractivity contribution >= 4 is 11.6 Å². The van der Waals surface area contributed by atoms with Gasteiger partial charge in [0.15, 0.2) is 0 Å². The molecule has 0 saturated carbocycles. The van der Waals surface area contributed by atoms with Crippen LogP contribution in [0.15, 0.2) is 42.5 Å². The molecule has 2 nitrogen and oxygen atoms in total. The first kappa shape index (κ1) is 12.4. The molecule has 0 bridgehead atoms. The SMILES string of the molecule is N#Cc1cccc(OCc2ccc(Cl)cc2F)c1. The zero-order valence-electron chi connectivity index (χ0n) is 9.36. The average molecular weight is 262 g/mol. The van der Waals surface area contributed by atoms with Crippen molar-refractivity contribution < 1.29 is 9.13 Å². The van der Waals surface area contributed by atoms with Crippen molar-refractivity contribution in [2.45, 2.75) is 6.61 Å². The Balaban J connectivity index is 2.09. The Morgan fingerprint density at radius 2 is 2.06 bits per heavy atom. The van der Waals surface area contributed by atoms with E-state index in [1.165, 1.54) is 6.07 Å². The van der Waals surface area contributed by atoms with E-state index in [0.717, 1.165) is 0 Å². The van der Waals surface area contributed by atoms with Gasteiger partial charge >= 0.3 is 0 Å². The fourth-order valence-electron chi connectivity index (χ4n) is 1.46. The van der Waals surface area contributed by atoms with Crippen molar-refractivity contribution in [1.82, 2.24) is 0 Å². The summed E-state index contributed by atoms with van der Waals surface area (Å²) in [5.41, 5.74) is 0.922. The Morgan fingerprint density at radius 1 is 1.22 bits per heavy atom. The Morgan fingerprint density at radius 3 is 2.78 bits per heavy atom. The number of halogens is 2. The standard InChI is InChI=1S/C14H9ClFNO/c15-12-5-4-11(14(16)7-12)9-18-13-3-1-2-10(6-13)8-17/h1-7H,9H2. The molecule has 4 heteroatoms. The number of hydrogen-bond acceptors (Lipinski definition) is 2. The molecule has 0 heterocycles. The maximum atomic E-state index is 13.5. The molecule has 2 aromatic rings. The van der Waals surface area contributed by atoms with Crippen molar-refractivity contribution in [1.29, 1.82) is 5.26 Å². The Bertz CT molecular complexity index is 607. The third-order valence-electron chi connectivity index (χ3n) is 2.37. The van der Waals surface area contributed by atoms with Crippen LogP contribution in [0.25, 0.3) is 0 Å².